The van der Waals surface area contributed by atoms with Crippen LogP contribution in [0.1, 0.15) is 79.1 Å². The summed E-state index contributed by atoms with van der Waals surface area (Å²) in [5, 5.41) is 0. The fraction of sp³-hybridized carbons (Fsp3) is 0.792. The van der Waals surface area contributed by atoms with Crippen LogP contribution < -0.4 is 0 Å². The standard InChI is InChI=1S/C24H36O2/c1-5-16-10-11-18-22-19(12-14-24(16,18)4)23(3)13-8-7-9-17(23)15-20(22)26-21(25)6-2/h8-9,13,16,18-20,22H,5-7,10-12,14-15H2,1-4H3/t16-,18-,19-,20?,22-,23-,24+/m0/s1. The van der Waals surface area contributed by atoms with Gasteiger partial charge in [-0.15, -0.1) is 0 Å². The van der Waals surface area contributed by atoms with E-state index in [4.69, 9.17) is 4.74 Å². The first kappa shape index (κ1) is 18.3. The third-order valence-electron chi connectivity index (χ3n) is 8.87. The highest BCUT2D eigenvalue weighted by molar-refractivity contribution is 5.69. The van der Waals surface area contributed by atoms with E-state index in [1.54, 1.807) is 0 Å². The van der Waals surface area contributed by atoms with Crippen molar-refractivity contribution in [2.24, 2.45) is 34.5 Å². The zero-order chi connectivity index (χ0) is 18.5. The van der Waals surface area contributed by atoms with Crippen molar-refractivity contribution in [2.45, 2.75) is 85.2 Å². The summed E-state index contributed by atoms with van der Waals surface area (Å²) in [6, 6.07) is 0. The number of hydrogen-bond donors (Lipinski definition) is 0. The van der Waals surface area contributed by atoms with Gasteiger partial charge in [0.25, 0.3) is 0 Å². The van der Waals surface area contributed by atoms with Crippen molar-refractivity contribution in [2.75, 3.05) is 0 Å². The fourth-order valence-electron chi connectivity index (χ4n) is 7.43. The molecular formula is C24H36O2. The normalized spacial score (nSPS) is 46.8. The molecule has 0 aromatic rings. The lowest BCUT2D eigenvalue weighted by Crippen LogP contribution is -2.55. The van der Waals surface area contributed by atoms with Crippen molar-refractivity contribution in [1.82, 2.24) is 0 Å². The monoisotopic (exact) mass is 356 g/mol. The molecule has 4 rings (SSSR count). The van der Waals surface area contributed by atoms with Crippen LogP contribution in [0.5, 0.6) is 0 Å². The predicted molar refractivity (Wildman–Crippen MR) is 106 cm³/mol. The SMILES string of the molecule is CCC(=O)OC1CC2=CCC=C[C@]2(C)[C@H]2CC[C@]3(C)[C@@H](CC)CC[C@H]3[C@H]12. The zero-order valence-electron chi connectivity index (χ0n) is 17.1. The molecule has 0 saturated heterocycles. The summed E-state index contributed by atoms with van der Waals surface area (Å²) in [7, 11) is 0. The van der Waals surface area contributed by atoms with Gasteiger partial charge in [-0.1, -0.05) is 57.9 Å². The van der Waals surface area contributed by atoms with Crippen LogP contribution >= 0.6 is 0 Å². The van der Waals surface area contributed by atoms with E-state index in [-0.39, 0.29) is 17.5 Å². The first-order chi connectivity index (χ1) is 12.4. The molecule has 26 heavy (non-hydrogen) atoms. The van der Waals surface area contributed by atoms with Crippen molar-refractivity contribution in [3.63, 3.8) is 0 Å². The number of hydrogen-bond acceptors (Lipinski definition) is 2. The fourth-order valence-corrected chi connectivity index (χ4v) is 7.43. The molecule has 2 nitrogen and oxygen atoms in total. The van der Waals surface area contributed by atoms with Gasteiger partial charge in [0, 0.05) is 24.2 Å². The Hall–Kier alpha value is -1.05. The minimum atomic E-state index is -0.0124. The van der Waals surface area contributed by atoms with Crippen LogP contribution in [0.25, 0.3) is 0 Å². The summed E-state index contributed by atoms with van der Waals surface area (Å²) in [6.45, 7) is 9.30. The lowest BCUT2D eigenvalue weighted by Gasteiger charge is -2.59. The zero-order valence-corrected chi connectivity index (χ0v) is 17.1. The molecular weight excluding hydrogens is 320 g/mol. The summed E-state index contributed by atoms with van der Waals surface area (Å²) in [5.74, 6) is 2.71. The van der Waals surface area contributed by atoms with Crippen LogP contribution in [-0.4, -0.2) is 12.1 Å². The molecule has 0 aromatic carbocycles. The van der Waals surface area contributed by atoms with Gasteiger partial charge in [0.15, 0.2) is 0 Å². The molecule has 4 aliphatic rings. The molecule has 3 fully saturated rings. The van der Waals surface area contributed by atoms with Crippen molar-refractivity contribution in [1.29, 1.82) is 0 Å². The van der Waals surface area contributed by atoms with Gasteiger partial charge in [0.2, 0.25) is 0 Å². The third kappa shape index (κ3) is 2.54. The molecule has 0 aliphatic heterocycles. The van der Waals surface area contributed by atoms with Gasteiger partial charge in [0.1, 0.15) is 6.10 Å². The molecule has 3 saturated carbocycles. The van der Waals surface area contributed by atoms with Crippen LogP contribution in [0.3, 0.4) is 0 Å². The van der Waals surface area contributed by atoms with Gasteiger partial charge in [-0.05, 0) is 55.3 Å². The Balaban J connectivity index is 1.73. The average Bonchev–Trinajstić information content (AvgIpc) is 2.98. The van der Waals surface area contributed by atoms with Crippen molar-refractivity contribution in [3.8, 4) is 0 Å². The molecule has 0 spiro atoms. The van der Waals surface area contributed by atoms with Crippen LogP contribution in [-0.2, 0) is 9.53 Å². The first-order valence-electron chi connectivity index (χ1n) is 11.0. The second-order valence-corrected chi connectivity index (χ2v) is 9.75. The van der Waals surface area contributed by atoms with Gasteiger partial charge >= 0.3 is 5.97 Å². The van der Waals surface area contributed by atoms with Gasteiger partial charge in [-0.2, -0.15) is 0 Å². The van der Waals surface area contributed by atoms with Gasteiger partial charge in [-0.25, -0.2) is 0 Å². The Morgan fingerprint density at radius 1 is 1.19 bits per heavy atom. The molecule has 0 heterocycles. The van der Waals surface area contributed by atoms with E-state index in [2.05, 4.69) is 39.0 Å². The van der Waals surface area contributed by atoms with E-state index < -0.39 is 0 Å². The van der Waals surface area contributed by atoms with Gasteiger partial charge in [0.05, 0.1) is 0 Å². The molecule has 1 unspecified atom stereocenters. The van der Waals surface area contributed by atoms with Crippen LogP contribution in [0.15, 0.2) is 23.8 Å². The molecule has 2 heteroatoms. The number of carbonyl (C=O) groups excluding carboxylic acids is 1. The molecule has 144 valence electrons. The molecule has 7 atom stereocenters. The average molecular weight is 357 g/mol. The number of rotatable bonds is 3. The number of allylic oxidation sites excluding steroid dienone is 3. The van der Waals surface area contributed by atoms with Gasteiger partial charge in [-0.3, -0.25) is 4.79 Å². The topological polar surface area (TPSA) is 26.3 Å². The Labute approximate surface area is 159 Å². The van der Waals surface area contributed by atoms with E-state index >= 15 is 0 Å². The Morgan fingerprint density at radius 2 is 2.00 bits per heavy atom. The molecule has 4 aliphatic carbocycles. The lowest BCUT2D eigenvalue weighted by molar-refractivity contribution is -0.165. The molecule has 0 aromatic heterocycles. The van der Waals surface area contributed by atoms with E-state index in [9.17, 15) is 4.79 Å². The van der Waals surface area contributed by atoms with E-state index in [0.29, 0.717) is 23.7 Å². The van der Waals surface area contributed by atoms with Gasteiger partial charge < -0.3 is 4.74 Å². The summed E-state index contributed by atoms with van der Waals surface area (Å²) in [4.78, 5) is 12.2. The summed E-state index contributed by atoms with van der Waals surface area (Å²) < 4.78 is 6.12. The number of esters is 1. The Morgan fingerprint density at radius 3 is 2.73 bits per heavy atom. The Kier molecular flexibility index (Phi) is 4.60. The maximum Gasteiger partial charge on any atom is 0.305 e. The summed E-state index contributed by atoms with van der Waals surface area (Å²) in [6.07, 6.45) is 16.5. The van der Waals surface area contributed by atoms with E-state index in [1.165, 1.54) is 37.7 Å². The van der Waals surface area contributed by atoms with Crippen molar-refractivity contribution in [3.05, 3.63) is 23.8 Å². The largest absolute Gasteiger partial charge is 0.462 e. The highest BCUT2D eigenvalue weighted by Crippen LogP contribution is 2.66. The summed E-state index contributed by atoms with van der Waals surface area (Å²) in [5.41, 5.74) is 2.16. The lowest BCUT2D eigenvalue weighted by atomic mass is 9.47. The molecule has 0 bridgehead atoms. The first-order valence-corrected chi connectivity index (χ1v) is 11.0. The van der Waals surface area contributed by atoms with Crippen LogP contribution in [0, 0.1) is 34.5 Å². The number of ether oxygens (including phenoxy) is 1. The van der Waals surface area contributed by atoms with E-state index in [1.807, 2.05) is 6.92 Å². The van der Waals surface area contributed by atoms with Crippen molar-refractivity contribution < 1.29 is 9.53 Å². The minimum absolute atomic E-state index is 0.0124. The van der Waals surface area contributed by atoms with E-state index in [0.717, 1.165) is 24.7 Å². The quantitative estimate of drug-likeness (QED) is 0.453. The molecule has 0 amide bonds. The second kappa shape index (κ2) is 6.53. The number of fused-ring (bicyclic) bond motifs is 5. The second-order valence-electron chi connectivity index (χ2n) is 9.75. The van der Waals surface area contributed by atoms with Crippen LogP contribution in [0.4, 0.5) is 0 Å². The predicted octanol–water partition coefficient (Wildman–Crippen LogP) is 6.07. The highest BCUT2D eigenvalue weighted by atomic mass is 16.5. The molecule has 0 radical (unpaired) electrons. The third-order valence-corrected chi connectivity index (χ3v) is 8.87. The van der Waals surface area contributed by atoms with Crippen LogP contribution in [0.2, 0.25) is 0 Å². The van der Waals surface area contributed by atoms with Crippen molar-refractivity contribution >= 4 is 5.97 Å². The minimum Gasteiger partial charge on any atom is -0.462 e. The summed E-state index contributed by atoms with van der Waals surface area (Å²) >= 11 is 0. The number of carbonyl (C=O) groups is 1. The smallest absolute Gasteiger partial charge is 0.305 e. The molecule has 0 N–H and O–H groups in total. The maximum absolute atomic E-state index is 12.2. The highest BCUT2D eigenvalue weighted by Gasteiger charge is 2.61. The maximum atomic E-state index is 12.2. The Bertz CT molecular complexity index is 632.